The van der Waals surface area contributed by atoms with E-state index in [1.54, 1.807) is 32.2 Å². The van der Waals surface area contributed by atoms with E-state index in [9.17, 15) is 9.18 Å². The van der Waals surface area contributed by atoms with Crippen LogP contribution in [0.15, 0.2) is 29.1 Å². The number of hydrazine groups is 1. The summed E-state index contributed by atoms with van der Waals surface area (Å²) < 4.78 is 15.7. The van der Waals surface area contributed by atoms with Crippen LogP contribution in [0, 0.1) is 19.7 Å². The van der Waals surface area contributed by atoms with Gasteiger partial charge in [-0.15, -0.1) is 5.59 Å². The van der Waals surface area contributed by atoms with Crippen molar-refractivity contribution in [3.05, 3.63) is 51.6 Å². The normalized spacial score (nSPS) is 14.0. The van der Waals surface area contributed by atoms with Gasteiger partial charge in [0.1, 0.15) is 11.6 Å². The molecule has 2 aromatic rings. The van der Waals surface area contributed by atoms with Crippen LogP contribution in [0.4, 0.5) is 21.6 Å². The Bertz CT molecular complexity index is 910. The van der Waals surface area contributed by atoms with Crippen molar-refractivity contribution < 1.29 is 14.3 Å². The first-order chi connectivity index (χ1) is 14.3. The smallest absolute Gasteiger partial charge is 0.254 e. The van der Waals surface area contributed by atoms with E-state index in [4.69, 9.17) is 9.94 Å². The van der Waals surface area contributed by atoms with Crippen molar-refractivity contribution in [2.75, 3.05) is 17.3 Å². The molecule has 0 saturated heterocycles. The minimum absolute atomic E-state index is 0.134. The molecule has 0 unspecified atom stereocenters. The van der Waals surface area contributed by atoms with E-state index in [0.717, 1.165) is 24.8 Å². The molecule has 1 aromatic heterocycles. The number of aliphatic hydroxyl groups is 1. The summed E-state index contributed by atoms with van der Waals surface area (Å²) >= 11 is 0. The van der Waals surface area contributed by atoms with Crippen LogP contribution in [0.1, 0.15) is 50.7 Å². The molecule has 1 aromatic carbocycles. The summed E-state index contributed by atoms with van der Waals surface area (Å²) in [6.45, 7) is 7.66. The highest BCUT2D eigenvalue weighted by molar-refractivity contribution is 5.71. The Morgan fingerprint density at radius 2 is 1.90 bits per heavy atom. The molecular formula is C22H33FN4O3. The zero-order valence-corrected chi connectivity index (χ0v) is 18.4. The first-order valence-corrected chi connectivity index (χ1v) is 10.4. The maximum atomic E-state index is 14.3. The largest absolute Gasteiger partial charge is 0.396 e. The Labute approximate surface area is 177 Å². The number of pyridine rings is 1. The fraction of sp³-hybridized carbons (Fsp3) is 0.500. The zero-order chi connectivity index (χ0) is 22.3. The maximum Gasteiger partial charge on any atom is 0.254 e. The van der Waals surface area contributed by atoms with E-state index in [1.165, 1.54) is 10.6 Å². The molecule has 4 N–H and O–H groups in total. The Balaban J connectivity index is 0.00000155. The van der Waals surface area contributed by atoms with E-state index in [-0.39, 0.29) is 23.5 Å². The molecule has 0 radical (unpaired) electrons. The molecule has 0 atom stereocenters. The van der Waals surface area contributed by atoms with Gasteiger partial charge in [0, 0.05) is 19.2 Å². The van der Waals surface area contributed by atoms with E-state index in [2.05, 4.69) is 16.3 Å². The highest BCUT2D eigenvalue weighted by atomic mass is 19.1. The molecule has 0 amide bonds. The summed E-state index contributed by atoms with van der Waals surface area (Å²) in [7, 11) is 1.62. The Kier molecular flexibility index (Phi) is 8.40. The van der Waals surface area contributed by atoms with Crippen LogP contribution in [-0.2, 0) is 11.9 Å². The summed E-state index contributed by atoms with van der Waals surface area (Å²) in [5.41, 5.74) is 7.47. The Hall–Kier alpha value is -2.42. The maximum absolute atomic E-state index is 14.3. The van der Waals surface area contributed by atoms with Gasteiger partial charge < -0.3 is 10.4 Å². The SMILES string of the molecule is CC.Cc1ccc(Nc2c(NNOC3(CCCO)CC3)cc(C)c(=O)n2C)c(F)c1. The van der Waals surface area contributed by atoms with Crippen molar-refractivity contribution in [1.29, 1.82) is 0 Å². The molecule has 0 spiro atoms. The van der Waals surface area contributed by atoms with Gasteiger partial charge in [-0.2, -0.15) is 0 Å². The standard InChI is InChI=1S/C20H27FN4O3.C2H6/c1-13-5-6-16(15(21)11-13)22-18-17(12-14(2)19(27)25(18)3)23-24-28-20(8-9-20)7-4-10-26;1-2/h5-6,11-12,22-24,26H,4,7-10H2,1-3H3;1-2H3. The molecule has 3 rings (SSSR count). The van der Waals surface area contributed by atoms with Crippen LogP contribution in [0.2, 0.25) is 0 Å². The van der Waals surface area contributed by atoms with E-state index in [1.807, 2.05) is 20.8 Å². The van der Waals surface area contributed by atoms with Crippen LogP contribution in [-0.4, -0.2) is 21.9 Å². The lowest BCUT2D eigenvalue weighted by atomic mass is 10.2. The number of halogens is 1. The van der Waals surface area contributed by atoms with Crippen molar-refractivity contribution in [2.45, 2.75) is 59.0 Å². The molecule has 166 valence electrons. The summed E-state index contributed by atoms with van der Waals surface area (Å²) in [6, 6.07) is 6.54. The summed E-state index contributed by atoms with van der Waals surface area (Å²) in [5.74, 6) is 0.0128. The Morgan fingerprint density at radius 1 is 1.20 bits per heavy atom. The minimum atomic E-state index is -0.399. The van der Waals surface area contributed by atoms with Gasteiger partial charge in [0.15, 0.2) is 0 Å². The summed E-state index contributed by atoms with van der Waals surface area (Å²) in [4.78, 5) is 18.1. The molecule has 1 aliphatic rings. The zero-order valence-electron chi connectivity index (χ0n) is 18.4. The van der Waals surface area contributed by atoms with Gasteiger partial charge in [-0.05, 0) is 63.3 Å². The molecule has 1 fully saturated rings. The highest BCUT2D eigenvalue weighted by Gasteiger charge is 2.44. The fourth-order valence-electron chi connectivity index (χ4n) is 3.12. The highest BCUT2D eigenvalue weighted by Crippen LogP contribution is 2.42. The first kappa shape index (κ1) is 23.9. The molecular weight excluding hydrogens is 387 g/mol. The molecule has 0 bridgehead atoms. The fourth-order valence-corrected chi connectivity index (χ4v) is 3.12. The number of rotatable bonds is 9. The number of benzene rings is 1. The second-order valence-electron chi connectivity index (χ2n) is 7.40. The van der Waals surface area contributed by atoms with E-state index in [0.29, 0.717) is 23.5 Å². The summed E-state index contributed by atoms with van der Waals surface area (Å²) in [6.07, 6.45) is 3.30. The van der Waals surface area contributed by atoms with Crippen molar-refractivity contribution in [1.82, 2.24) is 10.2 Å². The van der Waals surface area contributed by atoms with Crippen molar-refractivity contribution in [3.63, 3.8) is 0 Å². The second-order valence-corrected chi connectivity index (χ2v) is 7.40. The van der Waals surface area contributed by atoms with Crippen LogP contribution in [0.5, 0.6) is 0 Å². The minimum Gasteiger partial charge on any atom is -0.396 e. The lowest BCUT2D eigenvalue weighted by molar-refractivity contribution is -0.0385. The number of nitrogens with zero attached hydrogens (tertiary/aromatic N) is 1. The van der Waals surface area contributed by atoms with Gasteiger partial charge in [-0.1, -0.05) is 19.9 Å². The molecule has 0 aliphatic heterocycles. The third-order valence-corrected chi connectivity index (χ3v) is 5.02. The monoisotopic (exact) mass is 420 g/mol. The number of aryl methyl sites for hydroxylation is 2. The molecule has 1 saturated carbocycles. The third kappa shape index (κ3) is 5.81. The average Bonchev–Trinajstić information content (AvgIpc) is 3.50. The van der Waals surface area contributed by atoms with Crippen molar-refractivity contribution in [3.8, 4) is 0 Å². The third-order valence-electron chi connectivity index (χ3n) is 5.02. The molecule has 30 heavy (non-hydrogen) atoms. The molecule has 1 aliphatic carbocycles. The van der Waals surface area contributed by atoms with Crippen molar-refractivity contribution in [2.24, 2.45) is 7.05 Å². The van der Waals surface area contributed by atoms with Crippen molar-refractivity contribution >= 4 is 17.2 Å². The van der Waals surface area contributed by atoms with Gasteiger partial charge in [-0.25, -0.2) is 4.39 Å². The number of anilines is 3. The van der Waals surface area contributed by atoms with Gasteiger partial charge in [0.05, 0.1) is 17.0 Å². The Morgan fingerprint density at radius 3 is 2.50 bits per heavy atom. The van der Waals surface area contributed by atoms with Crippen LogP contribution >= 0.6 is 0 Å². The topological polar surface area (TPSA) is 87.6 Å². The van der Waals surface area contributed by atoms with Crippen LogP contribution in [0.25, 0.3) is 0 Å². The number of aliphatic hydroxyl groups excluding tert-OH is 1. The average molecular weight is 421 g/mol. The van der Waals surface area contributed by atoms with Crippen LogP contribution in [0.3, 0.4) is 0 Å². The van der Waals surface area contributed by atoms with Crippen LogP contribution < -0.4 is 21.9 Å². The van der Waals surface area contributed by atoms with Gasteiger partial charge in [-0.3, -0.25) is 19.6 Å². The predicted molar refractivity (Wildman–Crippen MR) is 118 cm³/mol. The quantitative estimate of drug-likeness (QED) is 0.458. The second kappa shape index (κ2) is 10.6. The molecule has 8 heteroatoms. The number of aromatic nitrogens is 1. The number of hydrogen-bond donors (Lipinski definition) is 4. The lowest BCUT2D eigenvalue weighted by Crippen LogP contribution is -2.32. The summed E-state index contributed by atoms with van der Waals surface area (Å²) in [5, 5.41) is 12.0. The predicted octanol–water partition coefficient (Wildman–Crippen LogP) is 4.06. The molecule has 1 heterocycles. The lowest BCUT2D eigenvalue weighted by Gasteiger charge is -2.21. The van der Waals surface area contributed by atoms with Gasteiger partial charge in [0.2, 0.25) is 0 Å². The van der Waals surface area contributed by atoms with Gasteiger partial charge in [0.25, 0.3) is 5.56 Å². The number of nitrogens with one attached hydrogen (secondary N) is 3. The molecule has 7 nitrogen and oxygen atoms in total. The number of hydrogen-bond acceptors (Lipinski definition) is 6. The van der Waals surface area contributed by atoms with Gasteiger partial charge >= 0.3 is 0 Å². The van der Waals surface area contributed by atoms with E-state index < -0.39 is 5.82 Å². The van der Waals surface area contributed by atoms with E-state index >= 15 is 0 Å². The first-order valence-electron chi connectivity index (χ1n) is 10.4.